The fourth-order valence-corrected chi connectivity index (χ4v) is 2.46. The van der Waals surface area contributed by atoms with Crippen molar-refractivity contribution in [3.63, 3.8) is 0 Å². The minimum Gasteiger partial charge on any atom is -0.489 e. The van der Waals surface area contributed by atoms with Crippen LogP contribution in [0.4, 0.5) is 0 Å². The van der Waals surface area contributed by atoms with E-state index < -0.39 is 5.60 Å². The molecule has 0 spiro atoms. The van der Waals surface area contributed by atoms with E-state index in [0.29, 0.717) is 19.4 Å². The lowest BCUT2D eigenvalue weighted by Gasteiger charge is -2.25. The highest BCUT2D eigenvalue weighted by Gasteiger charge is 2.19. The summed E-state index contributed by atoms with van der Waals surface area (Å²) in [6.45, 7) is 6.21. The van der Waals surface area contributed by atoms with Crippen LogP contribution in [0.25, 0.3) is 0 Å². The highest BCUT2D eigenvalue weighted by molar-refractivity contribution is 5.70. The van der Waals surface area contributed by atoms with E-state index in [-0.39, 0.29) is 12.1 Å². The quantitative estimate of drug-likeness (QED) is 0.866. The standard InChI is InChI=1S/C17H25NO3/c1-17(2,3)21-16(19)9-5-12-4-8-15-13(10-12)6-7-14(11-18)20-15/h4,8,10,14H,5-7,9,11,18H2,1-3H3/t14-/m1/s1. The molecule has 1 aliphatic heterocycles. The minimum atomic E-state index is -0.419. The molecule has 4 heteroatoms. The molecular weight excluding hydrogens is 266 g/mol. The van der Waals surface area contributed by atoms with Crippen molar-refractivity contribution in [2.24, 2.45) is 5.73 Å². The lowest BCUT2D eigenvalue weighted by Crippen LogP contribution is -2.30. The zero-order valence-electron chi connectivity index (χ0n) is 13.1. The molecule has 0 bridgehead atoms. The summed E-state index contributed by atoms with van der Waals surface area (Å²) < 4.78 is 11.1. The summed E-state index contributed by atoms with van der Waals surface area (Å²) >= 11 is 0. The molecule has 2 rings (SSSR count). The maximum Gasteiger partial charge on any atom is 0.306 e. The minimum absolute atomic E-state index is 0.130. The average molecular weight is 291 g/mol. The Labute approximate surface area is 126 Å². The van der Waals surface area contributed by atoms with Gasteiger partial charge in [-0.05, 0) is 57.2 Å². The van der Waals surface area contributed by atoms with Gasteiger partial charge in [-0.25, -0.2) is 0 Å². The SMILES string of the molecule is CC(C)(C)OC(=O)CCc1ccc2c(c1)CC[C@H](CN)O2. The molecule has 0 aliphatic carbocycles. The second kappa shape index (κ2) is 6.48. The van der Waals surface area contributed by atoms with Crippen LogP contribution in [0.5, 0.6) is 5.75 Å². The molecule has 0 saturated carbocycles. The number of carbonyl (C=O) groups is 1. The number of carbonyl (C=O) groups excluding carboxylic acids is 1. The van der Waals surface area contributed by atoms with E-state index in [4.69, 9.17) is 15.2 Å². The summed E-state index contributed by atoms with van der Waals surface area (Å²) in [5, 5.41) is 0. The summed E-state index contributed by atoms with van der Waals surface area (Å²) in [5.41, 5.74) is 7.58. The van der Waals surface area contributed by atoms with E-state index in [1.165, 1.54) is 5.56 Å². The van der Waals surface area contributed by atoms with Gasteiger partial charge in [-0.3, -0.25) is 4.79 Å². The Morgan fingerprint density at radius 3 is 2.86 bits per heavy atom. The molecule has 0 fully saturated rings. The maximum atomic E-state index is 11.7. The van der Waals surface area contributed by atoms with E-state index in [9.17, 15) is 4.79 Å². The molecule has 0 aromatic heterocycles. The van der Waals surface area contributed by atoms with E-state index >= 15 is 0 Å². The van der Waals surface area contributed by atoms with Crippen molar-refractivity contribution in [1.29, 1.82) is 0 Å². The summed E-state index contributed by atoms with van der Waals surface area (Å²) in [6.07, 6.45) is 3.17. The zero-order chi connectivity index (χ0) is 15.5. The van der Waals surface area contributed by atoms with Gasteiger partial charge in [0.1, 0.15) is 17.5 Å². The first-order chi connectivity index (χ1) is 9.87. The van der Waals surface area contributed by atoms with Crippen molar-refractivity contribution in [3.8, 4) is 5.75 Å². The van der Waals surface area contributed by atoms with Crippen LogP contribution >= 0.6 is 0 Å². The van der Waals surface area contributed by atoms with Crippen molar-refractivity contribution >= 4 is 5.97 Å². The summed E-state index contributed by atoms with van der Waals surface area (Å²) in [7, 11) is 0. The lowest BCUT2D eigenvalue weighted by molar-refractivity contribution is -0.154. The number of fused-ring (bicyclic) bond motifs is 1. The fraction of sp³-hybridized carbons (Fsp3) is 0.588. The number of ether oxygens (including phenoxy) is 2. The third-order valence-electron chi connectivity index (χ3n) is 3.45. The molecule has 0 saturated heterocycles. The number of rotatable bonds is 4. The number of esters is 1. The van der Waals surface area contributed by atoms with Crippen LogP contribution in [0, 0.1) is 0 Å². The van der Waals surface area contributed by atoms with Gasteiger partial charge >= 0.3 is 5.97 Å². The van der Waals surface area contributed by atoms with E-state index in [1.807, 2.05) is 32.9 Å². The molecular formula is C17H25NO3. The van der Waals surface area contributed by atoms with Gasteiger partial charge in [0.05, 0.1) is 0 Å². The van der Waals surface area contributed by atoms with Gasteiger partial charge in [0.15, 0.2) is 0 Å². The highest BCUT2D eigenvalue weighted by Crippen LogP contribution is 2.28. The van der Waals surface area contributed by atoms with Crippen molar-refractivity contribution in [2.75, 3.05) is 6.54 Å². The monoisotopic (exact) mass is 291 g/mol. The Balaban J connectivity index is 1.92. The van der Waals surface area contributed by atoms with Crippen LogP contribution in [0.2, 0.25) is 0 Å². The number of hydrogen-bond acceptors (Lipinski definition) is 4. The average Bonchev–Trinajstić information content (AvgIpc) is 2.42. The van der Waals surface area contributed by atoms with E-state index in [0.717, 1.165) is 24.2 Å². The normalized spacial score (nSPS) is 17.8. The Morgan fingerprint density at radius 2 is 2.19 bits per heavy atom. The number of hydrogen-bond donors (Lipinski definition) is 1. The molecule has 1 heterocycles. The molecule has 4 nitrogen and oxygen atoms in total. The topological polar surface area (TPSA) is 61.5 Å². The van der Waals surface area contributed by atoms with E-state index in [2.05, 4.69) is 6.07 Å². The van der Waals surface area contributed by atoms with Crippen LogP contribution in [0.3, 0.4) is 0 Å². The second-order valence-electron chi connectivity index (χ2n) is 6.54. The molecule has 1 atom stereocenters. The summed E-state index contributed by atoms with van der Waals surface area (Å²) in [5.74, 6) is 0.775. The summed E-state index contributed by atoms with van der Waals surface area (Å²) in [6, 6.07) is 6.14. The second-order valence-corrected chi connectivity index (χ2v) is 6.54. The zero-order valence-corrected chi connectivity index (χ0v) is 13.1. The van der Waals surface area contributed by atoms with Gasteiger partial charge in [0.25, 0.3) is 0 Å². The Morgan fingerprint density at radius 1 is 1.43 bits per heavy atom. The number of benzene rings is 1. The van der Waals surface area contributed by atoms with E-state index in [1.54, 1.807) is 0 Å². The Bertz CT molecular complexity index is 505. The molecule has 2 N–H and O–H groups in total. The molecule has 0 amide bonds. The van der Waals surface area contributed by atoms with Crippen molar-refractivity contribution in [1.82, 2.24) is 0 Å². The molecule has 0 unspecified atom stereocenters. The van der Waals surface area contributed by atoms with Gasteiger partial charge in [-0.15, -0.1) is 0 Å². The van der Waals surface area contributed by atoms with Crippen molar-refractivity contribution in [3.05, 3.63) is 29.3 Å². The molecule has 1 aliphatic rings. The van der Waals surface area contributed by atoms with Gasteiger partial charge < -0.3 is 15.2 Å². The van der Waals surface area contributed by atoms with Crippen LogP contribution < -0.4 is 10.5 Å². The van der Waals surface area contributed by atoms with Crippen molar-refractivity contribution in [2.45, 2.75) is 58.2 Å². The molecule has 1 aromatic rings. The van der Waals surface area contributed by atoms with Gasteiger partial charge in [-0.2, -0.15) is 0 Å². The van der Waals surface area contributed by atoms with Crippen LogP contribution in [-0.4, -0.2) is 24.2 Å². The smallest absolute Gasteiger partial charge is 0.306 e. The molecule has 116 valence electrons. The number of aryl methyl sites for hydroxylation is 2. The maximum absolute atomic E-state index is 11.7. The van der Waals surface area contributed by atoms with Gasteiger partial charge in [0, 0.05) is 13.0 Å². The summed E-state index contributed by atoms with van der Waals surface area (Å²) in [4.78, 5) is 11.7. The van der Waals surface area contributed by atoms with Crippen LogP contribution in [0.15, 0.2) is 18.2 Å². The fourth-order valence-electron chi connectivity index (χ4n) is 2.46. The Kier molecular flexibility index (Phi) is 4.88. The van der Waals surface area contributed by atoms with Crippen LogP contribution in [0.1, 0.15) is 44.7 Å². The molecule has 0 radical (unpaired) electrons. The van der Waals surface area contributed by atoms with Gasteiger partial charge in [0.2, 0.25) is 0 Å². The molecule has 21 heavy (non-hydrogen) atoms. The lowest BCUT2D eigenvalue weighted by atomic mass is 9.98. The van der Waals surface area contributed by atoms with Crippen molar-refractivity contribution < 1.29 is 14.3 Å². The predicted molar refractivity (Wildman–Crippen MR) is 82.4 cm³/mol. The third-order valence-corrected chi connectivity index (χ3v) is 3.45. The number of nitrogens with two attached hydrogens (primary N) is 1. The third kappa shape index (κ3) is 4.74. The first kappa shape index (κ1) is 15.8. The Hall–Kier alpha value is -1.55. The molecule has 1 aromatic carbocycles. The predicted octanol–water partition coefficient (Wildman–Crippen LogP) is 2.61. The van der Waals surface area contributed by atoms with Crippen LogP contribution in [-0.2, 0) is 22.4 Å². The highest BCUT2D eigenvalue weighted by atomic mass is 16.6. The first-order valence-corrected chi connectivity index (χ1v) is 7.58. The first-order valence-electron chi connectivity index (χ1n) is 7.58. The largest absolute Gasteiger partial charge is 0.489 e. The van der Waals surface area contributed by atoms with Gasteiger partial charge in [-0.1, -0.05) is 12.1 Å².